The average molecular weight is 415 g/mol. The number of carbonyl (C=O) groups excluding carboxylic acids is 2. The van der Waals surface area contributed by atoms with E-state index in [1.54, 1.807) is 27.7 Å². The van der Waals surface area contributed by atoms with Crippen molar-refractivity contribution in [3.63, 3.8) is 0 Å². The van der Waals surface area contributed by atoms with Gasteiger partial charge in [-0.2, -0.15) is 0 Å². The molecule has 0 unspecified atom stereocenters. The van der Waals surface area contributed by atoms with Gasteiger partial charge in [0.2, 0.25) is 0 Å². The van der Waals surface area contributed by atoms with E-state index in [1.807, 2.05) is 24.3 Å². The molecule has 0 saturated carbocycles. The second-order valence-electron chi connectivity index (χ2n) is 6.31. The third-order valence-electron chi connectivity index (χ3n) is 3.38. The van der Waals surface area contributed by atoms with Crippen LogP contribution in [0.2, 0.25) is 0 Å². The second-order valence-corrected chi connectivity index (χ2v) is 7.16. The fourth-order valence-corrected chi connectivity index (χ4v) is 2.85. The Morgan fingerprint density at radius 3 is 1.92 bits per heavy atom. The van der Waals surface area contributed by atoms with Crippen molar-refractivity contribution in [2.24, 2.45) is 0 Å². The van der Waals surface area contributed by atoms with Crippen LogP contribution in [0.25, 0.3) is 0 Å². The summed E-state index contributed by atoms with van der Waals surface area (Å²) in [5.41, 5.74) is 0.946. The molecule has 138 valence electrons. The summed E-state index contributed by atoms with van der Waals surface area (Å²) in [6.07, 6.45) is -3.27. The predicted octanol–water partition coefficient (Wildman–Crippen LogP) is 3.00. The molecule has 6 nitrogen and oxygen atoms in total. The fraction of sp³-hybridized carbons (Fsp3) is 0.556. The standard InChI is InChI=1S/C18H23BrO6/c1-10(2)22-17(20)15-16(18(21)23-11(3)4)25-14(24-15)9-12-7-5-6-8-13(12)19/h5-8,10-11,14-16H,9H2,1-4H3/t15-,16-/m1/s1. The van der Waals surface area contributed by atoms with E-state index in [0.29, 0.717) is 6.42 Å². The van der Waals surface area contributed by atoms with Gasteiger partial charge in [0.05, 0.1) is 12.2 Å². The number of hydrogen-bond donors (Lipinski definition) is 0. The van der Waals surface area contributed by atoms with Gasteiger partial charge in [0.1, 0.15) is 0 Å². The van der Waals surface area contributed by atoms with Crippen LogP contribution < -0.4 is 0 Å². The fourth-order valence-electron chi connectivity index (χ4n) is 2.40. The first-order chi connectivity index (χ1) is 11.8. The zero-order valence-electron chi connectivity index (χ0n) is 14.7. The van der Waals surface area contributed by atoms with Crippen molar-refractivity contribution >= 4 is 27.9 Å². The van der Waals surface area contributed by atoms with Gasteiger partial charge in [0.25, 0.3) is 0 Å². The zero-order valence-corrected chi connectivity index (χ0v) is 16.3. The van der Waals surface area contributed by atoms with Crippen LogP contribution in [0.5, 0.6) is 0 Å². The summed E-state index contributed by atoms with van der Waals surface area (Å²) in [5.74, 6) is -1.26. The highest BCUT2D eigenvalue weighted by atomic mass is 79.9. The van der Waals surface area contributed by atoms with E-state index in [9.17, 15) is 9.59 Å². The topological polar surface area (TPSA) is 71.1 Å². The number of esters is 2. The van der Waals surface area contributed by atoms with Crippen molar-refractivity contribution in [2.75, 3.05) is 0 Å². The van der Waals surface area contributed by atoms with Gasteiger partial charge in [-0.25, -0.2) is 9.59 Å². The van der Waals surface area contributed by atoms with Crippen molar-refractivity contribution in [3.8, 4) is 0 Å². The molecule has 25 heavy (non-hydrogen) atoms. The van der Waals surface area contributed by atoms with Gasteiger partial charge in [0.15, 0.2) is 18.5 Å². The van der Waals surface area contributed by atoms with E-state index in [2.05, 4.69) is 15.9 Å². The minimum Gasteiger partial charge on any atom is -0.461 e. The molecular weight excluding hydrogens is 392 g/mol. The maximum atomic E-state index is 12.3. The van der Waals surface area contributed by atoms with Gasteiger partial charge in [-0.1, -0.05) is 34.1 Å². The lowest BCUT2D eigenvalue weighted by molar-refractivity contribution is -0.167. The normalized spacial score (nSPS) is 20.9. The summed E-state index contributed by atoms with van der Waals surface area (Å²) < 4.78 is 22.6. The SMILES string of the molecule is CC(C)OC(=O)[C@@H]1OC(Cc2ccccc2Br)O[C@H]1C(=O)OC(C)C. The monoisotopic (exact) mass is 414 g/mol. The Hall–Kier alpha value is -1.44. The average Bonchev–Trinajstić information content (AvgIpc) is 2.92. The van der Waals surface area contributed by atoms with E-state index >= 15 is 0 Å². The molecule has 2 rings (SSSR count). The lowest BCUT2D eigenvalue weighted by Crippen LogP contribution is -2.40. The molecule has 7 heteroatoms. The van der Waals surface area contributed by atoms with E-state index < -0.39 is 30.4 Å². The zero-order chi connectivity index (χ0) is 18.6. The third-order valence-corrected chi connectivity index (χ3v) is 4.16. The number of ether oxygens (including phenoxy) is 4. The van der Waals surface area contributed by atoms with E-state index in [-0.39, 0.29) is 12.2 Å². The first kappa shape index (κ1) is 19.9. The van der Waals surface area contributed by atoms with Crippen molar-refractivity contribution in [1.82, 2.24) is 0 Å². The molecule has 0 spiro atoms. The van der Waals surface area contributed by atoms with Gasteiger partial charge in [-0.3, -0.25) is 0 Å². The third kappa shape index (κ3) is 5.52. The Kier molecular flexibility index (Phi) is 6.98. The summed E-state index contributed by atoms with van der Waals surface area (Å²) in [6.45, 7) is 6.92. The second kappa shape index (κ2) is 8.78. The smallest absolute Gasteiger partial charge is 0.339 e. The van der Waals surface area contributed by atoms with Gasteiger partial charge < -0.3 is 18.9 Å². The molecule has 1 fully saturated rings. The quantitative estimate of drug-likeness (QED) is 0.666. The molecule has 1 saturated heterocycles. The molecule has 1 aliphatic rings. The Morgan fingerprint density at radius 1 is 1.00 bits per heavy atom. The van der Waals surface area contributed by atoms with Crippen LogP contribution in [-0.2, 0) is 35.0 Å². The van der Waals surface area contributed by atoms with Crippen LogP contribution >= 0.6 is 15.9 Å². The van der Waals surface area contributed by atoms with Crippen molar-refractivity contribution in [3.05, 3.63) is 34.3 Å². The Labute approximate surface area is 155 Å². The molecule has 0 aliphatic carbocycles. The molecule has 0 bridgehead atoms. The molecule has 1 aliphatic heterocycles. The number of carbonyl (C=O) groups is 2. The first-order valence-electron chi connectivity index (χ1n) is 8.23. The number of hydrogen-bond acceptors (Lipinski definition) is 6. The minimum absolute atomic E-state index is 0.319. The summed E-state index contributed by atoms with van der Waals surface area (Å²) in [6, 6.07) is 7.61. The van der Waals surface area contributed by atoms with Crippen LogP contribution in [0.1, 0.15) is 33.3 Å². The summed E-state index contributed by atoms with van der Waals surface area (Å²) >= 11 is 3.46. The van der Waals surface area contributed by atoms with E-state index in [4.69, 9.17) is 18.9 Å². The highest BCUT2D eigenvalue weighted by Crippen LogP contribution is 2.27. The number of benzene rings is 1. The molecule has 0 aromatic heterocycles. The highest BCUT2D eigenvalue weighted by Gasteiger charge is 2.47. The maximum absolute atomic E-state index is 12.3. The summed E-state index contributed by atoms with van der Waals surface area (Å²) in [4.78, 5) is 24.6. The summed E-state index contributed by atoms with van der Waals surface area (Å²) in [7, 11) is 0. The lowest BCUT2D eigenvalue weighted by atomic mass is 10.1. The van der Waals surface area contributed by atoms with Crippen LogP contribution in [-0.4, -0.2) is 42.6 Å². The van der Waals surface area contributed by atoms with Crippen LogP contribution in [0, 0.1) is 0 Å². The van der Waals surface area contributed by atoms with Gasteiger partial charge in [-0.05, 0) is 39.3 Å². The van der Waals surface area contributed by atoms with Crippen LogP contribution in [0.3, 0.4) is 0 Å². The molecule has 0 radical (unpaired) electrons. The van der Waals surface area contributed by atoms with E-state index in [0.717, 1.165) is 10.0 Å². The van der Waals surface area contributed by atoms with E-state index in [1.165, 1.54) is 0 Å². The highest BCUT2D eigenvalue weighted by molar-refractivity contribution is 9.10. The molecule has 1 heterocycles. The summed E-state index contributed by atoms with van der Waals surface area (Å²) in [5, 5.41) is 0. The minimum atomic E-state index is -1.14. The Bertz CT molecular complexity index is 585. The van der Waals surface area contributed by atoms with Crippen LogP contribution in [0.15, 0.2) is 28.7 Å². The van der Waals surface area contributed by atoms with Crippen molar-refractivity contribution in [2.45, 2.75) is 64.8 Å². The van der Waals surface area contributed by atoms with Gasteiger partial charge >= 0.3 is 11.9 Å². The van der Waals surface area contributed by atoms with Gasteiger partial charge in [0, 0.05) is 10.9 Å². The number of halogens is 1. The molecule has 2 atom stereocenters. The number of rotatable bonds is 6. The largest absolute Gasteiger partial charge is 0.461 e. The van der Waals surface area contributed by atoms with Gasteiger partial charge in [-0.15, -0.1) is 0 Å². The maximum Gasteiger partial charge on any atom is 0.339 e. The molecular formula is C18H23BrO6. The Balaban J connectivity index is 2.13. The predicted molar refractivity (Wildman–Crippen MR) is 93.8 cm³/mol. The molecule has 0 N–H and O–H groups in total. The first-order valence-corrected chi connectivity index (χ1v) is 9.02. The lowest BCUT2D eigenvalue weighted by Gasteiger charge is -2.17. The van der Waals surface area contributed by atoms with Crippen LogP contribution in [0.4, 0.5) is 0 Å². The molecule has 1 aromatic rings. The molecule has 0 amide bonds. The molecule has 1 aromatic carbocycles. The van der Waals surface area contributed by atoms with Crippen molar-refractivity contribution < 1.29 is 28.5 Å². The Morgan fingerprint density at radius 2 is 1.48 bits per heavy atom. The van der Waals surface area contributed by atoms with Crippen molar-refractivity contribution in [1.29, 1.82) is 0 Å².